The second-order valence-electron chi connectivity index (χ2n) is 5.36. The number of halogens is 1. The summed E-state index contributed by atoms with van der Waals surface area (Å²) in [4.78, 5) is 1.47. The average molecular weight is 282 g/mol. The highest BCUT2D eigenvalue weighted by molar-refractivity contribution is 7.99. The molecule has 0 radical (unpaired) electrons. The number of hydrogen-bond acceptors (Lipinski definition) is 2. The first-order valence-electron chi connectivity index (χ1n) is 6.94. The van der Waals surface area contributed by atoms with E-state index in [1.165, 1.54) is 41.9 Å². The number of hydrogen-bond donors (Lipinski definition) is 1. The number of rotatable bonds is 3. The standard InChI is InChI=1S/C15H20ClNS/c16-13-6-2-3-7-14(13)17-9-11-10-18-15-8-4-1-5-12(11)15/h1,4-5,8,11,13-14,17H,2-3,6-7,9-10H2. The Labute approximate surface area is 119 Å². The molecule has 0 saturated heterocycles. The van der Waals surface area contributed by atoms with Gasteiger partial charge in [-0.2, -0.15) is 0 Å². The summed E-state index contributed by atoms with van der Waals surface area (Å²) in [6, 6.07) is 9.34. The number of benzene rings is 1. The average Bonchev–Trinajstić information content (AvgIpc) is 2.81. The molecule has 1 aliphatic carbocycles. The lowest BCUT2D eigenvalue weighted by atomic mass is 9.94. The Kier molecular flexibility index (Phi) is 4.17. The zero-order valence-corrected chi connectivity index (χ0v) is 12.1. The Morgan fingerprint density at radius 1 is 1.22 bits per heavy atom. The van der Waals surface area contributed by atoms with Crippen LogP contribution in [0.3, 0.4) is 0 Å². The van der Waals surface area contributed by atoms with Crippen molar-refractivity contribution in [2.75, 3.05) is 12.3 Å². The quantitative estimate of drug-likeness (QED) is 0.840. The fraction of sp³-hybridized carbons (Fsp3) is 0.600. The third kappa shape index (κ3) is 2.71. The first kappa shape index (κ1) is 12.8. The van der Waals surface area contributed by atoms with Crippen LogP contribution in [0.1, 0.15) is 37.2 Å². The molecule has 1 fully saturated rings. The Hall–Kier alpha value is -0.180. The van der Waals surface area contributed by atoms with Crippen molar-refractivity contribution < 1.29 is 0 Å². The van der Waals surface area contributed by atoms with Gasteiger partial charge >= 0.3 is 0 Å². The van der Waals surface area contributed by atoms with E-state index in [9.17, 15) is 0 Å². The van der Waals surface area contributed by atoms with Crippen molar-refractivity contribution in [1.29, 1.82) is 0 Å². The van der Waals surface area contributed by atoms with Gasteiger partial charge < -0.3 is 5.32 Å². The molecular formula is C15H20ClNS. The minimum atomic E-state index is 0.336. The van der Waals surface area contributed by atoms with Crippen molar-refractivity contribution in [3.63, 3.8) is 0 Å². The first-order valence-corrected chi connectivity index (χ1v) is 8.36. The lowest BCUT2D eigenvalue weighted by Gasteiger charge is -2.29. The maximum Gasteiger partial charge on any atom is 0.0489 e. The van der Waals surface area contributed by atoms with Gasteiger partial charge in [-0.05, 0) is 24.5 Å². The summed E-state index contributed by atoms with van der Waals surface area (Å²) in [7, 11) is 0. The molecule has 1 N–H and O–H groups in total. The van der Waals surface area contributed by atoms with Crippen LogP contribution in [0.15, 0.2) is 29.2 Å². The minimum absolute atomic E-state index is 0.336. The van der Waals surface area contributed by atoms with Crippen molar-refractivity contribution in [1.82, 2.24) is 5.32 Å². The van der Waals surface area contributed by atoms with Crippen molar-refractivity contribution >= 4 is 23.4 Å². The van der Waals surface area contributed by atoms with E-state index < -0.39 is 0 Å². The van der Waals surface area contributed by atoms with Crippen LogP contribution >= 0.6 is 23.4 Å². The van der Waals surface area contributed by atoms with Crippen LogP contribution in [0.5, 0.6) is 0 Å². The highest BCUT2D eigenvalue weighted by Crippen LogP contribution is 2.39. The molecule has 1 aliphatic heterocycles. The Bertz CT molecular complexity index is 409. The highest BCUT2D eigenvalue weighted by Gasteiger charge is 2.26. The summed E-state index contributed by atoms with van der Waals surface area (Å²) < 4.78 is 0. The van der Waals surface area contributed by atoms with Gasteiger partial charge in [0.15, 0.2) is 0 Å². The van der Waals surface area contributed by atoms with Crippen LogP contribution in [0, 0.1) is 0 Å². The zero-order valence-electron chi connectivity index (χ0n) is 10.6. The summed E-state index contributed by atoms with van der Waals surface area (Å²) in [6.07, 6.45) is 5.05. The second-order valence-corrected chi connectivity index (χ2v) is 6.98. The van der Waals surface area contributed by atoms with Crippen LogP contribution in [0.25, 0.3) is 0 Å². The molecule has 0 spiro atoms. The van der Waals surface area contributed by atoms with Gasteiger partial charge in [0.25, 0.3) is 0 Å². The van der Waals surface area contributed by atoms with Gasteiger partial charge in [-0.1, -0.05) is 31.0 Å². The molecule has 3 heteroatoms. The molecule has 98 valence electrons. The van der Waals surface area contributed by atoms with Gasteiger partial charge in [0.1, 0.15) is 0 Å². The van der Waals surface area contributed by atoms with Crippen molar-refractivity contribution in [2.24, 2.45) is 0 Å². The van der Waals surface area contributed by atoms with Gasteiger partial charge in [-0.3, -0.25) is 0 Å². The third-order valence-corrected chi connectivity index (χ3v) is 5.88. The predicted octanol–water partition coefficient (Wildman–Crippen LogP) is 4.02. The van der Waals surface area contributed by atoms with E-state index >= 15 is 0 Å². The summed E-state index contributed by atoms with van der Waals surface area (Å²) in [6.45, 7) is 1.08. The third-order valence-electron chi connectivity index (χ3n) is 4.11. The fourth-order valence-corrected chi connectivity index (χ4v) is 4.63. The molecule has 3 atom stereocenters. The number of nitrogens with one attached hydrogen (secondary N) is 1. The van der Waals surface area contributed by atoms with Gasteiger partial charge in [-0.15, -0.1) is 23.4 Å². The van der Waals surface area contributed by atoms with Crippen LogP contribution < -0.4 is 5.32 Å². The molecule has 0 bridgehead atoms. The van der Waals surface area contributed by atoms with Crippen molar-refractivity contribution in [2.45, 2.75) is 47.9 Å². The Morgan fingerprint density at radius 3 is 2.94 bits per heavy atom. The van der Waals surface area contributed by atoms with Crippen LogP contribution in [0.4, 0.5) is 0 Å². The molecule has 1 aromatic rings. The number of fused-ring (bicyclic) bond motifs is 1. The maximum atomic E-state index is 6.40. The topological polar surface area (TPSA) is 12.0 Å². The zero-order chi connectivity index (χ0) is 12.4. The SMILES string of the molecule is ClC1CCCCC1NCC1CSc2ccccc21. The van der Waals surface area contributed by atoms with Crippen molar-refractivity contribution in [3.05, 3.63) is 29.8 Å². The van der Waals surface area contributed by atoms with E-state index in [0.717, 1.165) is 6.54 Å². The maximum absolute atomic E-state index is 6.40. The molecule has 1 saturated carbocycles. The summed E-state index contributed by atoms with van der Waals surface area (Å²) >= 11 is 8.39. The first-order chi connectivity index (χ1) is 8.84. The summed E-state index contributed by atoms with van der Waals surface area (Å²) in [5.41, 5.74) is 1.52. The lowest BCUT2D eigenvalue weighted by Crippen LogP contribution is -2.41. The molecule has 1 aromatic carbocycles. The molecule has 18 heavy (non-hydrogen) atoms. The Morgan fingerprint density at radius 2 is 2.06 bits per heavy atom. The van der Waals surface area contributed by atoms with Crippen LogP contribution in [-0.4, -0.2) is 23.7 Å². The fourth-order valence-electron chi connectivity index (χ4n) is 3.01. The number of thioether (sulfide) groups is 1. The molecule has 3 unspecified atom stereocenters. The predicted molar refractivity (Wildman–Crippen MR) is 79.8 cm³/mol. The molecular weight excluding hydrogens is 262 g/mol. The van der Waals surface area contributed by atoms with Gasteiger partial charge in [0.05, 0.1) is 0 Å². The molecule has 0 aromatic heterocycles. The molecule has 1 nitrogen and oxygen atoms in total. The second kappa shape index (κ2) is 5.85. The molecule has 1 heterocycles. The monoisotopic (exact) mass is 281 g/mol. The van der Waals surface area contributed by atoms with E-state index in [4.69, 9.17) is 11.6 Å². The van der Waals surface area contributed by atoms with E-state index in [-0.39, 0.29) is 0 Å². The summed E-state index contributed by atoms with van der Waals surface area (Å²) in [5.74, 6) is 1.88. The molecule has 0 amide bonds. The normalized spacial score (nSPS) is 31.3. The smallest absolute Gasteiger partial charge is 0.0489 e. The van der Waals surface area contributed by atoms with Gasteiger partial charge in [0.2, 0.25) is 0 Å². The van der Waals surface area contributed by atoms with Crippen LogP contribution in [-0.2, 0) is 0 Å². The highest BCUT2D eigenvalue weighted by atomic mass is 35.5. The van der Waals surface area contributed by atoms with E-state index in [1.807, 2.05) is 11.8 Å². The Balaban J connectivity index is 1.58. The van der Waals surface area contributed by atoms with E-state index in [1.54, 1.807) is 0 Å². The number of alkyl halides is 1. The summed E-state index contributed by atoms with van der Waals surface area (Å²) in [5, 5.41) is 4.05. The molecule has 2 aliphatic rings. The minimum Gasteiger partial charge on any atom is -0.312 e. The van der Waals surface area contributed by atoms with E-state index in [2.05, 4.69) is 29.6 Å². The van der Waals surface area contributed by atoms with E-state index in [0.29, 0.717) is 17.3 Å². The lowest BCUT2D eigenvalue weighted by molar-refractivity contribution is 0.374. The van der Waals surface area contributed by atoms with Crippen molar-refractivity contribution in [3.8, 4) is 0 Å². The van der Waals surface area contributed by atoms with Gasteiger partial charge in [-0.25, -0.2) is 0 Å². The largest absolute Gasteiger partial charge is 0.312 e. The van der Waals surface area contributed by atoms with Gasteiger partial charge in [0, 0.05) is 34.5 Å². The molecule has 3 rings (SSSR count). The van der Waals surface area contributed by atoms with Crippen LogP contribution in [0.2, 0.25) is 0 Å².